The molecule has 9 nitrogen and oxygen atoms in total. The van der Waals surface area contributed by atoms with Crippen molar-refractivity contribution in [2.45, 2.75) is 37.8 Å². The fourth-order valence-electron chi connectivity index (χ4n) is 5.17. The standard InChI is InChI=1S/C32H32N2O7/c35-29(36)18-34(17-21-14-15-21)31(38)28(16-30(37)40-19-22-8-2-1-3-9-22)33-32(39)41-20-27-25-12-6-4-10-23(25)24-11-5-7-13-26(24)27/h1-13,21,27-28H,14-20H2,(H,33,39)(H,35,36)/t28-/m0/s1. The van der Waals surface area contributed by atoms with Crippen molar-refractivity contribution in [1.29, 1.82) is 0 Å². The highest BCUT2D eigenvalue weighted by atomic mass is 16.5. The fourth-order valence-corrected chi connectivity index (χ4v) is 5.17. The number of hydrogen-bond acceptors (Lipinski definition) is 6. The quantitative estimate of drug-likeness (QED) is 0.318. The number of nitrogens with zero attached hydrogens (tertiary/aromatic N) is 1. The third kappa shape index (κ3) is 7.11. The molecule has 0 spiro atoms. The molecule has 2 aliphatic carbocycles. The summed E-state index contributed by atoms with van der Waals surface area (Å²) in [5.41, 5.74) is 5.01. The van der Waals surface area contributed by atoms with Gasteiger partial charge in [-0.15, -0.1) is 0 Å². The minimum atomic E-state index is -1.34. The Labute approximate surface area is 238 Å². The van der Waals surface area contributed by atoms with Crippen molar-refractivity contribution in [2.75, 3.05) is 19.7 Å². The summed E-state index contributed by atoms with van der Waals surface area (Å²) >= 11 is 0. The van der Waals surface area contributed by atoms with E-state index in [0.29, 0.717) is 0 Å². The van der Waals surface area contributed by atoms with Gasteiger partial charge in [-0.3, -0.25) is 14.4 Å². The number of ether oxygens (including phenoxy) is 2. The van der Waals surface area contributed by atoms with E-state index in [1.807, 2.05) is 66.7 Å². The van der Waals surface area contributed by atoms with Gasteiger partial charge in [0.1, 0.15) is 25.8 Å². The molecule has 3 aromatic rings. The van der Waals surface area contributed by atoms with Gasteiger partial charge >= 0.3 is 18.0 Å². The molecule has 0 bridgehead atoms. The molecule has 0 unspecified atom stereocenters. The number of amides is 2. The van der Waals surface area contributed by atoms with Crippen molar-refractivity contribution in [1.82, 2.24) is 10.2 Å². The van der Waals surface area contributed by atoms with E-state index >= 15 is 0 Å². The summed E-state index contributed by atoms with van der Waals surface area (Å²) in [5, 5.41) is 11.9. The number of carboxylic acid groups (broad SMARTS) is 1. The van der Waals surface area contributed by atoms with Crippen LogP contribution in [0.2, 0.25) is 0 Å². The van der Waals surface area contributed by atoms with Crippen molar-refractivity contribution in [2.24, 2.45) is 5.92 Å². The molecule has 1 atom stereocenters. The lowest BCUT2D eigenvalue weighted by atomic mass is 9.98. The minimum absolute atomic E-state index is 0.00639. The van der Waals surface area contributed by atoms with E-state index in [1.165, 1.54) is 4.90 Å². The van der Waals surface area contributed by atoms with E-state index in [4.69, 9.17) is 9.47 Å². The summed E-state index contributed by atoms with van der Waals surface area (Å²) in [6.07, 6.45) is 0.458. The summed E-state index contributed by atoms with van der Waals surface area (Å²) < 4.78 is 10.9. The van der Waals surface area contributed by atoms with Crippen LogP contribution in [0.3, 0.4) is 0 Å². The first-order valence-electron chi connectivity index (χ1n) is 13.7. The first-order chi connectivity index (χ1) is 19.9. The van der Waals surface area contributed by atoms with Gasteiger partial charge in [-0.1, -0.05) is 78.9 Å². The van der Waals surface area contributed by atoms with Gasteiger partial charge in [-0.05, 0) is 46.6 Å². The first-order valence-corrected chi connectivity index (χ1v) is 13.7. The third-order valence-corrected chi connectivity index (χ3v) is 7.36. The van der Waals surface area contributed by atoms with Gasteiger partial charge in [0.15, 0.2) is 0 Å². The van der Waals surface area contributed by atoms with Gasteiger partial charge in [-0.2, -0.15) is 0 Å². The van der Waals surface area contributed by atoms with Gasteiger partial charge in [0.25, 0.3) is 0 Å². The normalized spacial score (nSPS) is 14.3. The minimum Gasteiger partial charge on any atom is -0.480 e. The van der Waals surface area contributed by atoms with Crippen LogP contribution in [0, 0.1) is 5.92 Å². The van der Waals surface area contributed by atoms with Crippen LogP contribution in [-0.4, -0.2) is 59.7 Å². The number of aliphatic carboxylic acids is 1. The highest BCUT2D eigenvalue weighted by Crippen LogP contribution is 2.44. The van der Waals surface area contributed by atoms with Crippen LogP contribution in [0.15, 0.2) is 78.9 Å². The Morgan fingerprint density at radius 1 is 0.854 bits per heavy atom. The van der Waals surface area contributed by atoms with Gasteiger partial charge < -0.3 is 24.8 Å². The topological polar surface area (TPSA) is 122 Å². The molecule has 2 aliphatic rings. The molecular formula is C32H32N2O7. The predicted octanol–water partition coefficient (Wildman–Crippen LogP) is 4.35. The molecule has 9 heteroatoms. The van der Waals surface area contributed by atoms with Gasteiger partial charge in [0.2, 0.25) is 5.91 Å². The zero-order valence-corrected chi connectivity index (χ0v) is 22.5. The number of fused-ring (bicyclic) bond motifs is 3. The molecule has 2 amide bonds. The number of alkyl carbamates (subject to hydrolysis) is 1. The molecule has 0 saturated heterocycles. The summed E-state index contributed by atoms with van der Waals surface area (Å²) in [5.74, 6) is -2.52. The van der Waals surface area contributed by atoms with Crippen LogP contribution in [0.4, 0.5) is 4.79 Å². The maximum atomic E-state index is 13.5. The van der Waals surface area contributed by atoms with E-state index in [9.17, 15) is 24.3 Å². The molecule has 1 fully saturated rings. The second kappa shape index (κ2) is 12.7. The number of carboxylic acids is 1. The number of hydrogen-bond donors (Lipinski definition) is 2. The van der Waals surface area contributed by atoms with Crippen molar-refractivity contribution >= 4 is 23.9 Å². The fraction of sp³-hybridized carbons (Fsp3) is 0.312. The van der Waals surface area contributed by atoms with Crippen LogP contribution < -0.4 is 5.32 Å². The van der Waals surface area contributed by atoms with E-state index in [0.717, 1.165) is 40.7 Å². The lowest BCUT2D eigenvalue weighted by Crippen LogP contribution is -2.51. The summed E-state index contributed by atoms with van der Waals surface area (Å²) in [6.45, 7) is -0.253. The zero-order chi connectivity index (χ0) is 28.8. The Balaban J connectivity index is 1.27. The first kappa shape index (κ1) is 27.9. The Morgan fingerprint density at radius 3 is 2.07 bits per heavy atom. The number of esters is 1. The molecule has 0 heterocycles. The molecular weight excluding hydrogens is 524 g/mol. The number of carbonyl (C=O) groups is 4. The van der Waals surface area contributed by atoms with Crippen molar-refractivity contribution in [3.05, 3.63) is 95.6 Å². The highest BCUT2D eigenvalue weighted by molar-refractivity contribution is 5.91. The lowest BCUT2D eigenvalue weighted by molar-refractivity contribution is -0.150. The summed E-state index contributed by atoms with van der Waals surface area (Å²) in [4.78, 5) is 51.9. The second-order valence-corrected chi connectivity index (χ2v) is 10.4. The predicted molar refractivity (Wildman–Crippen MR) is 150 cm³/mol. The highest BCUT2D eigenvalue weighted by Gasteiger charge is 2.35. The van der Waals surface area contributed by atoms with E-state index < -0.39 is 42.9 Å². The third-order valence-electron chi connectivity index (χ3n) is 7.36. The Bertz CT molecular complexity index is 1370. The largest absolute Gasteiger partial charge is 0.480 e. The van der Waals surface area contributed by atoms with Gasteiger partial charge in [-0.25, -0.2) is 4.79 Å². The lowest BCUT2D eigenvalue weighted by Gasteiger charge is -2.26. The van der Waals surface area contributed by atoms with Crippen LogP contribution in [-0.2, 0) is 30.5 Å². The second-order valence-electron chi connectivity index (χ2n) is 10.4. The maximum Gasteiger partial charge on any atom is 0.407 e. The molecule has 1 saturated carbocycles. The number of rotatable bonds is 12. The average molecular weight is 557 g/mol. The van der Waals surface area contributed by atoms with Gasteiger partial charge in [0.05, 0.1) is 6.42 Å². The summed E-state index contributed by atoms with van der Waals surface area (Å²) in [7, 11) is 0. The number of carbonyl (C=O) groups excluding carboxylic acids is 3. The van der Waals surface area contributed by atoms with Crippen molar-refractivity contribution < 1.29 is 33.8 Å². The number of nitrogens with one attached hydrogen (secondary N) is 1. The van der Waals surface area contributed by atoms with Crippen molar-refractivity contribution in [3.63, 3.8) is 0 Å². The average Bonchev–Trinajstić information content (AvgIpc) is 3.74. The molecule has 3 aromatic carbocycles. The summed E-state index contributed by atoms with van der Waals surface area (Å²) in [6, 6.07) is 23.6. The SMILES string of the molecule is O=C(O)CN(CC1CC1)C(=O)[C@H](CC(=O)OCc1ccccc1)NC(=O)OCC1c2ccccc2-c2ccccc21. The molecule has 212 valence electrons. The van der Waals surface area contributed by atoms with Crippen LogP contribution >= 0.6 is 0 Å². The molecule has 41 heavy (non-hydrogen) atoms. The molecule has 2 N–H and O–H groups in total. The molecule has 5 rings (SSSR count). The number of benzene rings is 3. The van der Waals surface area contributed by atoms with Crippen molar-refractivity contribution in [3.8, 4) is 11.1 Å². The van der Waals surface area contributed by atoms with E-state index in [-0.39, 0.29) is 31.6 Å². The molecule has 0 aliphatic heterocycles. The zero-order valence-electron chi connectivity index (χ0n) is 22.5. The maximum absolute atomic E-state index is 13.5. The smallest absolute Gasteiger partial charge is 0.407 e. The van der Waals surface area contributed by atoms with Crippen LogP contribution in [0.25, 0.3) is 11.1 Å². The van der Waals surface area contributed by atoms with Gasteiger partial charge in [0, 0.05) is 12.5 Å². The van der Waals surface area contributed by atoms with E-state index in [1.54, 1.807) is 12.1 Å². The Morgan fingerprint density at radius 2 is 1.46 bits per heavy atom. The van der Waals surface area contributed by atoms with Crippen LogP contribution in [0.5, 0.6) is 0 Å². The molecule has 0 aromatic heterocycles. The Kier molecular flexibility index (Phi) is 8.62. The Hall–Kier alpha value is -4.66. The van der Waals surface area contributed by atoms with Crippen LogP contribution in [0.1, 0.15) is 41.9 Å². The van der Waals surface area contributed by atoms with E-state index in [2.05, 4.69) is 5.32 Å². The monoisotopic (exact) mass is 556 g/mol. The molecule has 0 radical (unpaired) electrons.